The van der Waals surface area contributed by atoms with Gasteiger partial charge in [0.2, 0.25) is 0 Å². The molecule has 0 N–H and O–H groups in total. The van der Waals surface area contributed by atoms with Crippen LogP contribution in [0.1, 0.15) is 22.4 Å². The summed E-state index contributed by atoms with van der Waals surface area (Å²) in [6, 6.07) is 12.8. The van der Waals surface area contributed by atoms with Crippen LogP contribution in [0, 0.1) is 27.7 Å². The fraction of sp³-hybridized carbons (Fsp3) is 0.211. The van der Waals surface area contributed by atoms with Gasteiger partial charge in [-0.3, -0.25) is 0 Å². The van der Waals surface area contributed by atoms with E-state index >= 15 is 0 Å². The van der Waals surface area contributed by atoms with Gasteiger partial charge in [0.25, 0.3) is 0 Å². The molecule has 2 aromatic carbocycles. The highest BCUT2D eigenvalue weighted by Crippen LogP contribution is 2.30. The lowest BCUT2D eigenvalue weighted by molar-refractivity contribution is 0.856. The van der Waals surface area contributed by atoms with E-state index in [0.29, 0.717) is 0 Å². The van der Waals surface area contributed by atoms with Gasteiger partial charge >= 0.3 is 0 Å². The molecule has 0 atom stereocenters. The summed E-state index contributed by atoms with van der Waals surface area (Å²) in [5.74, 6) is 0. The number of benzene rings is 2. The van der Waals surface area contributed by atoms with E-state index in [2.05, 4.69) is 42.4 Å². The van der Waals surface area contributed by atoms with Crippen LogP contribution in [0.15, 0.2) is 42.6 Å². The van der Waals surface area contributed by atoms with Crippen molar-refractivity contribution in [2.24, 2.45) is 0 Å². The first kappa shape index (κ1) is 14.9. The normalized spacial score (nSPS) is 11.0. The molecule has 22 heavy (non-hydrogen) atoms. The maximum atomic E-state index is 6.28. The maximum Gasteiger partial charge on any atom is 0.0680 e. The predicted octanol–water partition coefficient (Wildman–Crippen LogP) is 5.43. The van der Waals surface area contributed by atoms with Crippen molar-refractivity contribution in [3.05, 3.63) is 70.0 Å². The van der Waals surface area contributed by atoms with Crippen LogP contribution >= 0.6 is 11.6 Å². The SMILES string of the molecule is Cc1ccn(-c2cc(-c3cc(C)c(Cl)c(C)c3)ccc2C)n1. The summed E-state index contributed by atoms with van der Waals surface area (Å²) >= 11 is 6.28. The predicted molar refractivity (Wildman–Crippen MR) is 93.0 cm³/mol. The van der Waals surface area contributed by atoms with E-state index in [1.807, 2.05) is 37.7 Å². The Morgan fingerprint density at radius 1 is 0.818 bits per heavy atom. The Morgan fingerprint density at radius 2 is 1.50 bits per heavy atom. The maximum absolute atomic E-state index is 6.28. The highest BCUT2D eigenvalue weighted by atomic mass is 35.5. The fourth-order valence-corrected chi connectivity index (χ4v) is 2.81. The lowest BCUT2D eigenvalue weighted by atomic mass is 9.99. The van der Waals surface area contributed by atoms with Crippen LogP contribution in [0.25, 0.3) is 16.8 Å². The molecule has 0 aliphatic carbocycles. The Bertz CT molecular complexity index is 823. The van der Waals surface area contributed by atoms with E-state index in [1.165, 1.54) is 16.7 Å². The summed E-state index contributed by atoms with van der Waals surface area (Å²) in [6.45, 7) is 8.20. The van der Waals surface area contributed by atoms with Gasteiger partial charge in [-0.05, 0) is 79.8 Å². The van der Waals surface area contributed by atoms with Crippen LogP contribution in [0.4, 0.5) is 0 Å². The number of aryl methyl sites for hydroxylation is 4. The highest BCUT2D eigenvalue weighted by Gasteiger charge is 2.08. The van der Waals surface area contributed by atoms with Gasteiger partial charge in [0.15, 0.2) is 0 Å². The molecule has 2 nitrogen and oxygen atoms in total. The van der Waals surface area contributed by atoms with Crippen LogP contribution in [0.2, 0.25) is 5.02 Å². The van der Waals surface area contributed by atoms with Gasteiger partial charge in [0.05, 0.1) is 11.4 Å². The van der Waals surface area contributed by atoms with Gasteiger partial charge in [-0.2, -0.15) is 5.10 Å². The third-order valence-corrected chi connectivity index (χ3v) is 4.54. The average Bonchev–Trinajstić information content (AvgIpc) is 2.91. The number of rotatable bonds is 2. The van der Waals surface area contributed by atoms with E-state index in [4.69, 9.17) is 11.6 Å². The first-order valence-corrected chi connectivity index (χ1v) is 7.74. The molecule has 0 aliphatic rings. The Balaban J connectivity index is 2.13. The highest BCUT2D eigenvalue weighted by molar-refractivity contribution is 6.32. The second-order valence-corrected chi connectivity index (χ2v) is 6.20. The second kappa shape index (κ2) is 5.62. The van der Waals surface area contributed by atoms with Crippen molar-refractivity contribution in [1.29, 1.82) is 0 Å². The molecule has 0 saturated carbocycles. The zero-order valence-corrected chi connectivity index (χ0v) is 14.1. The molecule has 0 bridgehead atoms. The zero-order chi connectivity index (χ0) is 15.9. The second-order valence-electron chi connectivity index (χ2n) is 5.83. The zero-order valence-electron chi connectivity index (χ0n) is 13.3. The quantitative estimate of drug-likeness (QED) is 0.617. The van der Waals surface area contributed by atoms with Gasteiger partial charge in [-0.1, -0.05) is 23.7 Å². The minimum atomic E-state index is 0.846. The first-order valence-electron chi connectivity index (χ1n) is 7.36. The van der Waals surface area contributed by atoms with Crippen molar-refractivity contribution in [1.82, 2.24) is 9.78 Å². The molecule has 0 radical (unpaired) electrons. The molecule has 1 heterocycles. The molecule has 112 valence electrons. The van der Waals surface area contributed by atoms with E-state index in [9.17, 15) is 0 Å². The molecular weight excluding hydrogens is 292 g/mol. The number of hydrogen-bond acceptors (Lipinski definition) is 1. The van der Waals surface area contributed by atoms with E-state index < -0.39 is 0 Å². The third kappa shape index (κ3) is 2.67. The molecular formula is C19H19ClN2. The van der Waals surface area contributed by atoms with Crippen LogP contribution < -0.4 is 0 Å². The number of nitrogens with zero attached hydrogens (tertiary/aromatic N) is 2. The van der Waals surface area contributed by atoms with Crippen molar-refractivity contribution >= 4 is 11.6 Å². The third-order valence-electron chi connectivity index (χ3n) is 3.95. The molecule has 0 unspecified atom stereocenters. The van der Waals surface area contributed by atoms with Crippen LogP contribution in [-0.2, 0) is 0 Å². The van der Waals surface area contributed by atoms with Crippen LogP contribution in [0.5, 0.6) is 0 Å². The molecule has 3 aromatic rings. The molecule has 0 saturated heterocycles. The topological polar surface area (TPSA) is 17.8 Å². The van der Waals surface area contributed by atoms with Crippen LogP contribution in [-0.4, -0.2) is 9.78 Å². The van der Waals surface area contributed by atoms with E-state index in [-0.39, 0.29) is 0 Å². The summed E-state index contributed by atoms with van der Waals surface area (Å²) in [6.07, 6.45) is 2.00. The molecule has 0 spiro atoms. The molecule has 1 aromatic heterocycles. The molecule has 3 heteroatoms. The molecule has 0 fully saturated rings. The molecule has 0 amide bonds. The minimum absolute atomic E-state index is 0.846. The van der Waals surface area contributed by atoms with E-state index in [0.717, 1.165) is 27.5 Å². The smallest absolute Gasteiger partial charge is 0.0680 e. The van der Waals surface area contributed by atoms with Gasteiger partial charge in [-0.15, -0.1) is 0 Å². The summed E-state index contributed by atoms with van der Waals surface area (Å²) in [5.41, 5.74) is 7.90. The van der Waals surface area contributed by atoms with Crippen molar-refractivity contribution in [2.45, 2.75) is 27.7 Å². The van der Waals surface area contributed by atoms with Crippen molar-refractivity contribution in [3.8, 4) is 16.8 Å². The van der Waals surface area contributed by atoms with Crippen molar-refractivity contribution in [2.75, 3.05) is 0 Å². The Labute approximate surface area is 136 Å². The number of hydrogen-bond donors (Lipinski definition) is 0. The molecule has 3 rings (SSSR count). The first-order chi connectivity index (χ1) is 10.5. The van der Waals surface area contributed by atoms with Gasteiger partial charge < -0.3 is 0 Å². The number of halogens is 1. The Hall–Kier alpha value is -2.06. The van der Waals surface area contributed by atoms with E-state index in [1.54, 1.807) is 0 Å². The van der Waals surface area contributed by atoms with Crippen LogP contribution in [0.3, 0.4) is 0 Å². The fourth-order valence-electron chi connectivity index (χ4n) is 2.70. The Kier molecular flexibility index (Phi) is 3.79. The summed E-state index contributed by atoms with van der Waals surface area (Å²) in [7, 11) is 0. The van der Waals surface area contributed by atoms with Crippen molar-refractivity contribution in [3.63, 3.8) is 0 Å². The molecule has 0 aliphatic heterocycles. The number of aromatic nitrogens is 2. The van der Waals surface area contributed by atoms with Gasteiger partial charge in [0, 0.05) is 11.2 Å². The minimum Gasteiger partial charge on any atom is -0.240 e. The average molecular weight is 311 g/mol. The van der Waals surface area contributed by atoms with Gasteiger partial charge in [0.1, 0.15) is 0 Å². The summed E-state index contributed by atoms with van der Waals surface area (Å²) < 4.78 is 1.93. The Morgan fingerprint density at radius 3 is 2.09 bits per heavy atom. The largest absolute Gasteiger partial charge is 0.240 e. The standard InChI is InChI=1S/C19H19ClN2/c1-12-5-6-16(11-18(12)22-8-7-15(4)21-22)17-9-13(2)19(20)14(3)10-17/h5-11H,1-4H3. The lowest BCUT2D eigenvalue weighted by Crippen LogP contribution is -1.98. The van der Waals surface area contributed by atoms with Crippen molar-refractivity contribution < 1.29 is 0 Å². The monoisotopic (exact) mass is 310 g/mol. The van der Waals surface area contributed by atoms with Gasteiger partial charge in [-0.25, -0.2) is 4.68 Å². The summed E-state index contributed by atoms with van der Waals surface area (Å²) in [5, 5.41) is 5.37. The summed E-state index contributed by atoms with van der Waals surface area (Å²) in [4.78, 5) is 0. The lowest BCUT2D eigenvalue weighted by Gasteiger charge is -2.12.